The van der Waals surface area contributed by atoms with E-state index < -0.39 is 0 Å². The number of amides is 1. The van der Waals surface area contributed by atoms with Crippen molar-refractivity contribution in [2.24, 2.45) is 0 Å². The lowest BCUT2D eigenvalue weighted by Crippen LogP contribution is -2.16. The Morgan fingerprint density at radius 1 is 1.00 bits per heavy atom. The Balaban J connectivity index is 1.61. The fourth-order valence-electron chi connectivity index (χ4n) is 3.65. The summed E-state index contributed by atoms with van der Waals surface area (Å²) in [7, 11) is 4.03. The van der Waals surface area contributed by atoms with E-state index in [1.807, 2.05) is 51.5 Å². The number of carbonyl (C=O) groups excluding carboxylic acids is 1. The number of nitrogens with zero attached hydrogens (tertiary/aromatic N) is 3. The molecule has 0 radical (unpaired) electrons. The summed E-state index contributed by atoms with van der Waals surface area (Å²) in [6.45, 7) is 4.06. The summed E-state index contributed by atoms with van der Waals surface area (Å²) in [5.74, 6) is 0.565. The summed E-state index contributed by atoms with van der Waals surface area (Å²) in [5, 5.41) is 7.06. The number of nitrogens with one attached hydrogen (secondary N) is 2. The topological polar surface area (TPSA) is 70.2 Å². The first-order chi connectivity index (χ1) is 15.4. The molecular weight excluding hydrogens is 398 g/mol. The molecule has 2 N–H and O–H groups in total. The van der Waals surface area contributed by atoms with E-state index in [4.69, 9.17) is 0 Å². The average Bonchev–Trinajstić information content (AvgIpc) is 2.79. The van der Waals surface area contributed by atoms with Gasteiger partial charge in [-0.3, -0.25) is 4.79 Å². The van der Waals surface area contributed by atoms with E-state index in [2.05, 4.69) is 68.8 Å². The second kappa shape index (κ2) is 9.06. The number of aromatic nitrogens is 2. The standard InChI is InChI=1S/C26H27N5O/c1-17-5-6-19(18(2)28-16-32)14-24(17)20-7-12-25-21(13-20)15-27-26(30-25)29-22-8-10-23(11-9-22)31(3)4/h5-16,18H,1-4H3,(H,28,32)(H,27,29,30). The Kier molecular flexibility index (Phi) is 6.03. The van der Waals surface area contributed by atoms with Crippen molar-refractivity contribution in [3.05, 3.63) is 78.0 Å². The van der Waals surface area contributed by atoms with Crippen LogP contribution in [0.5, 0.6) is 0 Å². The first kappa shape index (κ1) is 21.3. The van der Waals surface area contributed by atoms with E-state index >= 15 is 0 Å². The van der Waals surface area contributed by atoms with Crippen molar-refractivity contribution in [2.45, 2.75) is 19.9 Å². The van der Waals surface area contributed by atoms with E-state index in [0.717, 1.165) is 45.4 Å². The van der Waals surface area contributed by atoms with Crippen LogP contribution in [0.1, 0.15) is 24.1 Å². The zero-order valence-electron chi connectivity index (χ0n) is 18.8. The predicted molar refractivity (Wildman–Crippen MR) is 131 cm³/mol. The van der Waals surface area contributed by atoms with Crippen molar-refractivity contribution >= 4 is 34.6 Å². The molecule has 3 aromatic carbocycles. The van der Waals surface area contributed by atoms with Gasteiger partial charge in [-0.05, 0) is 78.6 Å². The zero-order valence-corrected chi connectivity index (χ0v) is 18.8. The molecule has 4 rings (SSSR count). The summed E-state index contributed by atoms with van der Waals surface area (Å²) in [5.41, 5.74) is 7.42. The highest BCUT2D eigenvalue weighted by Crippen LogP contribution is 2.29. The quantitative estimate of drug-likeness (QED) is 0.397. The van der Waals surface area contributed by atoms with Crippen LogP contribution in [0.4, 0.5) is 17.3 Å². The largest absolute Gasteiger partial charge is 0.378 e. The van der Waals surface area contributed by atoms with Crippen LogP contribution in [-0.2, 0) is 4.79 Å². The molecule has 0 saturated carbocycles. The van der Waals surface area contributed by atoms with Gasteiger partial charge in [-0.25, -0.2) is 9.97 Å². The highest BCUT2D eigenvalue weighted by Gasteiger charge is 2.10. The fourth-order valence-corrected chi connectivity index (χ4v) is 3.65. The molecule has 0 aliphatic carbocycles. The molecule has 1 unspecified atom stereocenters. The molecule has 0 fully saturated rings. The van der Waals surface area contributed by atoms with Crippen molar-refractivity contribution in [1.82, 2.24) is 15.3 Å². The minimum atomic E-state index is -0.0453. The van der Waals surface area contributed by atoms with Crippen LogP contribution in [0.3, 0.4) is 0 Å². The minimum absolute atomic E-state index is 0.0453. The first-order valence-electron chi connectivity index (χ1n) is 10.6. The molecule has 162 valence electrons. The Morgan fingerprint density at radius 3 is 2.50 bits per heavy atom. The van der Waals surface area contributed by atoms with Crippen molar-refractivity contribution in [3.63, 3.8) is 0 Å². The zero-order chi connectivity index (χ0) is 22.7. The number of aryl methyl sites for hydroxylation is 1. The SMILES string of the molecule is Cc1ccc(C(C)NC=O)cc1-c1ccc2nc(Nc3ccc(N(C)C)cc3)ncc2c1. The van der Waals surface area contributed by atoms with E-state index in [1.165, 1.54) is 5.56 Å². The van der Waals surface area contributed by atoms with Gasteiger partial charge < -0.3 is 15.5 Å². The molecule has 1 amide bonds. The number of hydrogen-bond donors (Lipinski definition) is 2. The normalized spacial score (nSPS) is 11.8. The Morgan fingerprint density at radius 2 is 1.78 bits per heavy atom. The highest BCUT2D eigenvalue weighted by molar-refractivity contribution is 5.85. The number of hydrogen-bond acceptors (Lipinski definition) is 5. The summed E-state index contributed by atoms with van der Waals surface area (Å²) in [6.07, 6.45) is 2.58. The molecule has 6 nitrogen and oxygen atoms in total. The number of benzene rings is 3. The molecular formula is C26H27N5O. The summed E-state index contributed by atoms with van der Waals surface area (Å²) >= 11 is 0. The van der Waals surface area contributed by atoms with Gasteiger partial charge >= 0.3 is 0 Å². The molecule has 1 atom stereocenters. The maximum atomic E-state index is 10.8. The lowest BCUT2D eigenvalue weighted by atomic mass is 9.95. The van der Waals surface area contributed by atoms with Crippen LogP contribution in [-0.4, -0.2) is 30.5 Å². The van der Waals surface area contributed by atoms with Crippen LogP contribution in [0, 0.1) is 6.92 Å². The van der Waals surface area contributed by atoms with E-state index in [1.54, 1.807) is 0 Å². The van der Waals surface area contributed by atoms with Crippen molar-refractivity contribution in [1.29, 1.82) is 0 Å². The predicted octanol–water partition coefficient (Wildman–Crippen LogP) is 5.22. The maximum absolute atomic E-state index is 10.8. The molecule has 6 heteroatoms. The monoisotopic (exact) mass is 425 g/mol. The molecule has 0 aliphatic heterocycles. The van der Waals surface area contributed by atoms with Gasteiger partial charge in [0.1, 0.15) is 0 Å². The van der Waals surface area contributed by atoms with Crippen LogP contribution >= 0.6 is 0 Å². The van der Waals surface area contributed by atoms with E-state index in [0.29, 0.717) is 5.95 Å². The van der Waals surface area contributed by atoms with Gasteiger partial charge in [0.2, 0.25) is 12.4 Å². The lowest BCUT2D eigenvalue weighted by Gasteiger charge is -2.15. The Hall–Kier alpha value is -3.93. The van der Waals surface area contributed by atoms with Crippen molar-refractivity contribution in [3.8, 4) is 11.1 Å². The molecule has 1 aromatic heterocycles. The smallest absolute Gasteiger partial charge is 0.227 e. The van der Waals surface area contributed by atoms with Crippen LogP contribution < -0.4 is 15.5 Å². The van der Waals surface area contributed by atoms with Gasteiger partial charge in [-0.2, -0.15) is 0 Å². The number of anilines is 3. The maximum Gasteiger partial charge on any atom is 0.227 e. The van der Waals surface area contributed by atoms with Crippen molar-refractivity contribution in [2.75, 3.05) is 24.3 Å². The molecule has 0 spiro atoms. The second-order valence-corrected chi connectivity index (χ2v) is 8.11. The van der Waals surface area contributed by atoms with Gasteiger partial charge in [0, 0.05) is 37.1 Å². The molecule has 0 saturated heterocycles. The van der Waals surface area contributed by atoms with Crippen LogP contribution in [0.15, 0.2) is 66.9 Å². The number of carbonyl (C=O) groups is 1. The van der Waals surface area contributed by atoms with E-state index in [-0.39, 0.29) is 6.04 Å². The summed E-state index contributed by atoms with van der Waals surface area (Å²) in [6, 6.07) is 20.6. The second-order valence-electron chi connectivity index (χ2n) is 8.11. The molecule has 32 heavy (non-hydrogen) atoms. The Bertz CT molecular complexity index is 1250. The molecule has 0 aliphatic rings. The van der Waals surface area contributed by atoms with E-state index in [9.17, 15) is 4.79 Å². The third kappa shape index (κ3) is 4.54. The average molecular weight is 426 g/mol. The van der Waals surface area contributed by atoms with Gasteiger partial charge in [0.15, 0.2) is 0 Å². The van der Waals surface area contributed by atoms with Gasteiger partial charge in [0.25, 0.3) is 0 Å². The third-order valence-corrected chi connectivity index (χ3v) is 5.61. The Labute approximate surface area is 188 Å². The minimum Gasteiger partial charge on any atom is -0.378 e. The molecule has 1 heterocycles. The summed E-state index contributed by atoms with van der Waals surface area (Å²) in [4.78, 5) is 22.0. The summed E-state index contributed by atoms with van der Waals surface area (Å²) < 4.78 is 0. The fraction of sp³-hybridized carbons (Fsp3) is 0.192. The van der Waals surface area contributed by atoms with Crippen molar-refractivity contribution < 1.29 is 4.79 Å². The molecule has 0 bridgehead atoms. The highest BCUT2D eigenvalue weighted by atomic mass is 16.1. The third-order valence-electron chi connectivity index (χ3n) is 5.61. The van der Waals surface area contributed by atoms with Gasteiger partial charge in [0.05, 0.1) is 11.6 Å². The van der Waals surface area contributed by atoms with Gasteiger partial charge in [-0.1, -0.05) is 18.2 Å². The lowest BCUT2D eigenvalue weighted by molar-refractivity contribution is -0.110. The first-order valence-corrected chi connectivity index (χ1v) is 10.6. The van der Waals surface area contributed by atoms with Gasteiger partial charge in [-0.15, -0.1) is 0 Å². The van der Waals surface area contributed by atoms with Crippen LogP contribution in [0.2, 0.25) is 0 Å². The number of rotatable bonds is 7. The number of fused-ring (bicyclic) bond motifs is 1. The molecule has 4 aromatic rings. The van der Waals surface area contributed by atoms with Crippen LogP contribution in [0.25, 0.3) is 22.0 Å².